The predicted octanol–water partition coefficient (Wildman–Crippen LogP) is 4.32. The number of fused-ring (bicyclic) bond motifs is 3. The van der Waals surface area contributed by atoms with Crippen molar-refractivity contribution in [2.24, 2.45) is 5.92 Å². The molecule has 0 unspecified atom stereocenters. The number of nitrogens with zero attached hydrogens (tertiary/aromatic N) is 3. The Morgan fingerprint density at radius 2 is 2.10 bits per heavy atom. The van der Waals surface area contributed by atoms with E-state index in [1.165, 1.54) is 0 Å². The molecule has 0 saturated carbocycles. The molecule has 110 valence electrons. The van der Waals surface area contributed by atoms with Gasteiger partial charge in [0.25, 0.3) is 0 Å². The van der Waals surface area contributed by atoms with Gasteiger partial charge in [0.05, 0.1) is 16.9 Å². The summed E-state index contributed by atoms with van der Waals surface area (Å²) in [4.78, 5) is 9.05. The van der Waals surface area contributed by atoms with Crippen LogP contribution in [0.2, 0.25) is 0 Å². The van der Waals surface area contributed by atoms with E-state index in [1.807, 2.05) is 18.2 Å². The maximum absolute atomic E-state index is 6.09. The number of nitrogen functional groups attached to an aromatic ring is 1. The van der Waals surface area contributed by atoms with Gasteiger partial charge in [0, 0.05) is 16.4 Å². The van der Waals surface area contributed by atoms with Crippen LogP contribution in [0.3, 0.4) is 0 Å². The van der Waals surface area contributed by atoms with Gasteiger partial charge in [-0.15, -0.1) is 11.6 Å². The van der Waals surface area contributed by atoms with Crippen LogP contribution in [0, 0.1) is 5.92 Å². The SMILES string of the molecule is CC(C)Cn1c(CCl)nc2c(N)nc3cc(Br)ccc3c21. The lowest BCUT2D eigenvalue weighted by molar-refractivity contribution is 0.523. The van der Waals surface area contributed by atoms with Gasteiger partial charge in [0.2, 0.25) is 0 Å². The molecule has 0 atom stereocenters. The zero-order valence-electron chi connectivity index (χ0n) is 11.9. The number of aromatic nitrogens is 3. The lowest BCUT2D eigenvalue weighted by Crippen LogP contribution is -2.08. The number of hydrogen-bond donors (Lipinski definition) is 1. The van der Waals surface area contributed by atoms with Crippen molar-refractivity contribution >= 4 is 55.3 Å². The normalized spacial score (nSPS) is 11.9. The molecule has 21 heavy (non-hydrogen) atoms. The maximum atomic E-state index is 6.09. The lowest BCUT2D eigenvalue weighted by Gasteiger charge is -2.12. The number of anilines is 1. The van der Waals surface area contributed by atoms with E-state index in [1.54, 1.807) is 0 Å². The van der Waals surface area contributed by atoms with Crippen LogP contribution in [0.1, 0.15) is 19.7 Å². The summed E-state index contributed by atoms with van der Waals surface area (Å²) in [6.07, 6.45) is 0. The number of halogens is 2. The second-order valence-electron chi connectivity index (χ2n) is 5.52. The minimum absolute atomic E-state index is 0.360. The number of hydrogen-bond acceptors (Lipinski definition) is 3. The largest absolute Gasteiger partial charge is 0.382 e. The molecule has 0 aliphatic heterocycles. The van der Waals surface area contributed by atoms with Crippen molar-refractivity contribution in [3.8, 4) is 0 Å². The minimum Gasteiger partial charge on any atom is -0.382 e. The fraction of sp³-hybridized carbons (Fsp3) is 0.333. The number of imidazole rings is 1. The van der Waals surface area contributed by atoms with Crippen LogP contribution in [0.25, 0.3) is 21.9 Å². The number of pyridine rings is 1. The monoisotopic (exact) mass is 366 g/mol. The summed E-state index contributed by atoms with van der Waals surface area (Å²) in [5, 5.41) is 1.05. The molecule has 3 aromatic rings. The highest BCUT2D eigenvalue weighted by Gasteiger charge is 2.17. The molecule has 2 aromatic heterocycles. The zero-order valence-corrected chi connectivity index (χ0v) is 14.2. The fourth-order valence-corrected chi connectivity index (χ4v) is 3.15. The average Bonchev–Trinajstić information content (AvgIpc) is 2.77. The molecule has 0 fully saturated rings. The van der Waals surface area contributed by atoms with Crippen molar-refractivity contribution in [2.75, 3.05) is 5.73 Å². The maximum Gasteiger partial charge on any atom is 0.152 e. The van der Waals surface area contributed by atoms with Gasteiger partial charge in [-0.2, -0.15) is 0 Å². The number of rotatable bonds is 3. The van der Waals surface area contributed by atoms with Crippen molar-refractivity contribution in [3.63, 3.8) is 0 Å². The molecule has 1 aromatic carbocycles. The van der Waals surface area contributed by atoms with Gasteiger partial charge >= 0.3 is 0 Å². The van der Waals surface area contributed by atoms with Gasteiger partial charge in [-0.3, -0.25) is 0 Å². The second kappa shape index (κ2) is 5.46. The first-order valence-corrected chi connectivity index (χ1v) is 8.13. The molecule has 0 spiro atoms. The second-order valence-corrected chi connectivity index (χ2v) is 6.70. The van der Waals surface area contributed by atoms with Gasteiger partial charge in [0.1, 0.15) is 11.3 Å². The lowest BCUT2D eigenvalue weighted by atomic mass is 10.1. The van der Waals surface area contributed by atoms with Crippen LogP contribution >= 0.6 is 27.5 Å². The Hall–Kier alpha value is -1.33. The van der Waals surface area contributed by atoms with Crippen molar-refractivity contribution in [2.45, 2.75) is 26.3 Å². The third-order valence-corrected chi connectivity index (χ3v) is 4.14. The smallest absolute Gasteiger partial charge is 0.152 e. The summed E-state index contributed by atoms with van der Waals surface area (Å²) in [6, 6.07) is 6.02. The predicted molar refractivity (Wildman–Crippen MR) is 91.5 cm³/mol. The molecule has 0 aliphatic rings. The van der Waals surface area contributed by atoms with Gasteiger partial charge in [-0.25, -0.2) is 9.97 Å². The van der Waals surface area contributed by atoms with Gasteiger partial charge in [-0.1, -0.05) is 29.8 Å². The Kier molecular flexibility index (Phi) is 3.80. The van der Waals surface area contributed by atoms with E-state index in [0.717, 1.165) is 38.8 Å². The van der Waals surface area contributed by atoms with Crippen molar-refractivity contribution in [1.82, 2.24) is 14.5 Å². The Morgan fingerprint density at radius 3 is 2.76 bits per heavy atom. The quantitative estimate of drug-likeness (QED) is 0.701. The van der Waals surface area contributed by atoms with Crippen molar-refractivity contribution in [1.29, 1.82) is 0 Å². The van der Waals surface area contributed by atoms with Crippen LogP contribution in [-0.4, -0.2) is 14.5 Å². The van der Waals surface area contributed by atoms with E-state index >= 15 is 0 Å². The molecule has 0 radical (unpaired) electrons. The minimum atomic E-state index is 0.360. The van der Waals surface area contributed by atoms with Crippen LogP contribution in [-0.2, 0) is 12.4 Å². The molecular formula is C15H16BrClN4. The summed E-state index contributed by atoms with van der Waals surface area (Å²) in [7, 11) is 0. The Morgan fingerprint density at radius 1 is 1.33 bits per heavy atom. The number of benzene rings is 1. The first-order valence-electron chi connectivity index (χ1n) is 6.81. The first-order chi connectivity index (χ1) is 10.0. The number of alkyl halides is 1. The number of nitrogens with two attached hydrogens (primary N) is 1. The molecule has 2 heterocycles. The fourth-order valence-electron chi connectivity index (χ4n) is 2.59. The highest BCUT2D eigenvalue weighted by Crippen LogP contribution is 2.31. The summed E-state index contributed by atoms with van der Waals surface area (Å²) >= 11 is 9.54. The standard InChI is InChI=1S/C15H16BrClN4/c1-8(2)7-21-12(6-17)20-13-14(21)10-4-3-9(16)5-11(10)19-15(13)18/h3-5,8H,6-7H2,1-2H3,(H2,18,19). The molecular weight excluding hydrogens is 352 g/mol. The van der Waals surface area contributed by atoms with Crippen LogP contribution < -0.4 is 5.73 Å². The molecule has 2 N–H and O–H groups in total. The molecule has 3 rings (SSSR count). The Bertz CT molecular complexity index is 826. The van der Waals surface area contributed by atoms with E-state index in [9.17, 15) is 0 Å². The van der Waals surface area contributed by atoms with Gasteiger partial charge < -0.3 is 10.3 Å². The zero-order chi connectivity index (χ0) is 15.1. The van der Waals surface area contributed by atoms with Gasteiger partial charge in [-0.05, 0) is 24.1 Å². The third-order valence-electron chi connectivity index (χ3n) is 3.41. The Balaban J connectivity index is 2.44. The van der Waals surface area contributed by atoms with Crippen molar-refractivity contribution in [3.05, 3.63) is 28.5 Å². The van der Waals surface area contributed by atoms with Gasteiger partial charge in [0.15, 0.2) is 5.82 Å². The summed E-state index contributed by atoms with van der Waals surface area (Å²) < 4.78 is 3.15. The molecule has 0 amide bonds. The van der Waals surface area contributed by atoms with Crippen LogP contribution in [0.5, 0.6) is 0 Å². The van der Waals surface area contributed by atoms with E-state index in [2.05, 4.69) is 44.3 Å². The molecule has 0 saturated heterocycles. The summed E-state index contributed by atoms with van der Waals surface area (Å²) in [6.45, 7) is 5.20. The highest BCUT2D eigenvalue weighted by molar-refractivity contribution is 9.10. The third kappa shape index (κ3) is 2.49. The van der Waals surface area contributed by atoms with E-state index in [4.69, 9.17) is 17.3 Å². The topological polar surface area (TPSA) is 56.7 Å². The van der Waals surface area contributed by atoms with E-state index in [-0.39, 0.29) is 0 Å². The molecule has 6 heteroatoms. The summed E-state index contributed by atoms with van der Waals surface area (Å²) in [5.74, 6) is 2.14. The van der Waals surface area contributed by atoms with E-state index in [0.29, 0.717) is 17.6 Å². The molecule has 4 nitrogen and oxygen atoms in total. The van der Waals surface area contributed by atoms with Crippen LogP contribution in [0.15, 0.2) is 22.7 Å². The Labute approximate surface area is 136 Å². The van der Waals surface area contributed by atoms with Crippen molar-refractivity contribution < 1.29 is 0 Å². The molecule has 0 aliphatic carbocycles. The summed E-state index contributed by atoms with van der Waals surface area (Å²) in [5.41, 5.74) is 8.72. The first kappa shape index (κ1) is 14.6. The highest BCUT2D eigenvalue weighted by atomic mass is 79.9. The molecule has 0 bridgehead atoms. The van der Waals surface area contributed by atoms with E-state index < -0.39 is 0 Å². The van der Waals surface area contributed by atoms with Crippen LogP contribution in [0.4, 0.5) is 5.82 Å². The average molecular weight is 368 g/mol.